The van der Waals surface area contributed by atoms with E-state index in [0.717, 1.165) is 24.5 Å². The number of hydrogen-bond acceptors (Lipinski definition) is 4. The van der Waals surface area contributed by atoms with Crippen LogP contribution in [-0.2, 0) is 4.74 Å². The summed E-state index contributed by atoms with van der Waals surface area (Å²) in [4.78, 5) is 10.6. The van der Waals surface area contributed by atoms with Crippen LogP contribution in [0.2, 0.25) is 0 Å². The second-order valence-corrected chi connectivity index (χ2v) is 3.32. The quantitative estimate of drug-likeness (QED) is 0.519. The number of ether oxygens (including phenoxy) is 1. The SMILES string of the molecule is Bc1cnc(N2CC(OC)C2)nc1. The van der Waals surface area contributed by atoms with E-state index in [1.54, 1.807) is 7.11 Å². The molecule has 0 amide bonds. The first-order valence-electron chi connectivity index (χ1n) is 4.36. The van der Waals surface area contributed by atoms with Crippen LogP contribution >= 0.6 is 0 Å². The third-order valence-electron chi connectivity index (χ3n) is 2.23. The summed E-state index contributed by atoms with van der Waals surface area (Å²) in [7, 11) is 3.72. The molecule has 0 N–H and O–H groups in total. The molecule has 0 bridgehead atoms. The summed E-state index contributed by atoms with van der Waals surface area (Å²) >= 11 is 0. The molecule has 0 unspecified atom stereocenters. The van der Waals surface area contributed by atoms with E-state index in [1.165, 1.54) is 0 Å². The first-order valence-corrected chi connectivity index (χ1v) is 4.36. The second kappa shape index (κ2) is 3.34. The van der Waals surface area contributed by atoms with Crippen molar-refractivity contribution in [3.63, 3.8) is 0 Å². The molecular weight excluding hydrogens is 165 g/mol. The Morgan fingerprint density at radius 1 is 1.46 bits per heavy atom. The van der Waals surface area contributed by atoms with Crippen LogP contribution in [0.3, 0.4) is 0 Å². The Morgan fingerprint density at radius 3 is 2.62 bits per heavy atom. The molecule has 2 heterocycles. The van der Waals surface area contributed by atoms with Gasteiger partial charge in [-0.3, -0.25) is 0 Å². The third kappa shape index (κ3) is 1.65. The van der Waals surface area contributed by atoms with Gasteiger partial charge in [-0.2, -0.15) is 0 Å². The number of anilines is 1. The average Bonchev–Trinajstić information content (AvgIpc) is 2.06. The zero-order chi connectivity index (χ0) is 9.26. The average molecular weight is 177 g/mol. The van der Waals surface area contributed by atoms with Gasteiger partial charge in [0.25, 0.3) is 0 Å². The molecule has 0 aliphatic carbocycles. The summed E-state index contributed by atoms with van der Waals surface area (Å²) < 4.78 is 5.16. The van der Waals surface area contributed by atoms with E-state index in [9.17, 15) is 0 Å². The predicted molar refractivity (Wildman–Crippen MR) is 53.2 cm³/mol. The normalized spacial score (nSPS) is 17.2. The minimum atomic E-state index is 0.352. The molecule has 1 aliphatic heterocycles. The van der Waals surface area contributed by atoms with Crippen molar-refractivity contribution in [1.29, 1.82) is 0 Å². The molecule has 13 heavy (non-hydrogen) atoms. The third-order valence-corrected chi connectivity index (χ3v) is 2.23. The Morgan fingerprint density at radius 2 is 2.08 bits per heavy atom. The highest BCUT2D eigenvalue weighted by atomic mass is 16.5. The van der Waals surface area contributed by atoms with E-state index in [1.807, 2.05) is 20.2 Å². The molecule has 1 aromatic rings. The first-order chi connectivity index (χ1) is 6.29. The lowest BCUT2D eigenvalue weighted by Crippen LogP contribution is -2.52. The molecule has 0 spiro atoms. The maximum absolute atomic E-state index is 5.16. The largest absolute Gasteiger partial charge is 0.378 e. The van der Waals surface area contributed by atoms with Gasteiger partial charge in [0, 0.05) is 32.6 Å². The van der Waals surface area contributed by atoms with Crippen LogP contribution in [0, 0.1) is 0 Å². The standard InChI is InChI=1S/C8H12BN3O/c1-13-7-4-12(5-7)8-10-2-6(9)3-11-8/h2-3,7H,4-5,9H2,1H3. The van der Waals surface area contributed by atoms with E-state index < -0.39 is 0 Å². The van der Waals surface area contributed by atoms with Crippen LogP contribution in [0.25, 0.3) is 0 Å². The first kappa shape index (κ1) is 8.50. The van der Waals surface area contributed by atoms with Crippen LogP contribution in [0.1, 0.15) is 0 Å². The van der Waals surface area contributed by atoms with E-state index in [-0.39, 0.29) is 0 Å². The zero-order valence-corrected chi connectivity index (χ0v) is 7.90. The Hall–Kier alpha value is -1.10. The van der Waals surface area contributed by atoms with Gasteiger partial charge in [-0.1, -0.05) is 5.46 Å². The number of nitrogens with zero attached hydrogens (tertiary/aromatic N) is 3. The fourth-order valence-corrected chi connectivity index (χ4v) is 1.30. The van der Waals surface area contributed by atoms with Crippen molar-refractivity contribution < 1.29 is 4.74 Å². The van der Waals surface area contributed by atoms with Crippen molar-refractivity contribution in [2.75, 3.05) is 25.1 Å². The Kier molecular flexibility index (Phi) is 2.18. The van der Waals surface area contributed by atoms with E-state index in [0.29, 0.717) is 6.10 Å². The number of hydrogen-bond donors (Lipinski definition) is 0. The van der Waals surface area contributed by atoms with Gasteiger partial charge >= 0.3 is 0 Å². The fourth-order valence-electron chi connectivity index (χ4n) is 1.30. The molecule has 2 rings (SSSR count). The summed E-state index contributed by atoms with van der Waals surface area (Å²) in [5.74, 6) is 0.805. The van der Waals surface area contributed by atoms with E-state index in [2.05, 4.69) is 14.9 Å². The minimum Gasteiger partial charge on any atom is -0.378 e. The fraction of sp³-hybridized carbons (Fsp3) is 0.500. The predicted octanol–water partition coefficient (Wildman–Crippen LogP) is -1.43. The molecule has 68 valence electrons. The molecule has 1 aromatic heterocycles. The minimum absolute atomic E-state index is 0.352. The molecular formula is C8H12BN3O. The Labute approximate surface area is 78.3 Å². The topological polar surface area (TPSA) is 38.2 Å². The van der Waals surface area contributed by atoms with Crippen LogP contribution in [-0.4, -0.2) is 44.1 Å². The highest BCUT2D eigenvalue weighted by molar-refractivity contribution is 6.31. The lowest BCUT2D eigenvalue weighted by Gasteiger charge is -2.37. The Balaban J connectivity index is 1.99. The maximum atomic E-state index is 5.16. The van der Waals surface area contributed by atoms with Crippen molar-refractivity contribution in [1.82, 2.24) is 9.97 Å². The van der Waals surface area contributed by atoms with Crippen molar-refractivity contribution in [2.24, 2.45) is 0 Å². The van der Waals surface area contributed by atoms with Crippen LogP contribution in [0.15, 0.2) is 12.4 Å². The molecule has 0 aromatic carbocycles. The molecule has 4 nitrogen and oxygen atoms in total. The van der Waals surface area contributed by atoms with Gasteiger partial charge in [-0.25, -0.2) is 9.97 Å². The summed E-state index contributed by atoms with van der Waals surface area (Å²) in [6.45, 7) is 1.80. The van der Waals surface area contributed by atoms with Crippen LogP contribution in [0.4, 0.5) is 5.95 Å². The molecule has 0 saturated carbocycles. The number of methoxy groups -OCH3 is 1. The van der Waals surface area contributed by atoms with Gasteiger partial charge in [0.1, 0.15) is 7.85 Å². The molecule has 0 radical (unpaired) electrons. The van der Waals surface area contributed by atoms with Gasteiger partial charge in [-0.15, -0.1) is 0 Å². The summed E-state index contributed by atoms with van der Waals surface area (Å²) in [6.07, 6.45) is 4.02. The maximum Gasteiger partial charge on any atom is 0.225 e. The number of aromatic nitrogens is 2. The zero-order valence-electron chi connectivity index (χ0n) is 7.90. The van der Waals surface area contributed by atoms with Gasteiger partial charge in [0.2, 0.25) is 5.95 Å². The van der Waals surface area contributed by atoms with Gasteiger partial charge in [0.15, 0.2) is 0 Å². The molecule has 1 aliphatic rings. The molecule has 1 fully saturated rings. The van der Waals surface area contributed by atoms with E-state index >= 15 is 0 Å². The number of rotatable bonds is 2. The molecule has 5 heteroatoms. The van der Waals surface area contributed by atoms with Crippen molar-refractivity contribution >= 4 is 19.3 Å². The van der Waals surface area contributed by atoms with Crippen LogP contribution < -0.4 is 10.4 Å². The summed E-state index contributed by atoms with van der Waals surface area (Å²) in [5, 5.41) is 0. The van der Waals surface area contributed by atoms with Crippen LogP contribution in [0.5, 0.6) is 0 Å². The van der Waals surface area contributed by atoms with E-state index in [4.69, 9.17) is 4.74 Å². The monoisotopic (exact) mass is 177 g/mol. The lowest BCUT2D eigenvalue weighted by atomic mass is 10.0. The second-order valence-electron chi connectivity index (χ2n) is 3.32. The van der Waals surface area contributed by atoms with Crippen molar-refractivity contribution in [3.8, 4) is 0 Å². The van der Waals surface area contributed by atoms with Gasteiger partial charge < -0.3 is 9.64 Å². The summed E-state index contributed by atoms with van der Waals surface area (Å²) in [5.41, 5.74) is 1.09. The van der Waals surface area contributed by atoms with Crippen molar-refractivity contribution in [2.45, 2.75) is 6.10 Å². The smallest absolute Gasteiger partial charge is 0.225 e. The molecule has 0 atom stereocenters. The van der Waals surface area contributed by atoms with Gasteiger partial charge in [-0.05, 0) is 0 Å². The molecule has 1 saturated heterocycles. The highest BCUT2D eigenvalue weighted by Crippen LogP contribution is 2.15. The summed E-state index contributed by atoms with van der Waals surface area (Å²) in [6, 6.07) is 0. The van der Waals surface area contributed by atoms with Gasteiger partial charge in [0.05, 0.1) is 6.10 Å². The Bertz CT molecular complexity index is 284. The highest BCUT2D eigenvalue weighted by Gasteiger charge is 2.27. The van der Waals surface area contributed by atoms with Crippen molar-refractivity contribution in [3.05, 3.63) is 12.4 Å². The lowest BCUT2D eigenvalue weighted by molar-refractivity contribution is 0.0778.